The Morgan fingerprint density at radius 1 is 1.03 bits per heavy atom. The van der Waals surface area contributed by atoms with Gasteiger partial charge in [-0.2, -0.15) is 0 Å². The van der Waals surface area contributed by atoms with E-state index in [0.29, 0.717) is 37.6 Å². The number of hydrogen-bond acceptors (Lipinski definition) is 5. The Kier molecular flexibility index (Phi) is 6.08. The predicted octanol–water partition coefficient (Wildman–Crippen LogP) is 4.33. The van der Waals surface area contributed by atoms with Crippen LogP contribution in [0.5, 0.6) is 0 Å². The number of aromatic nitrogens is 1. The summed E-state index contributed by atoms with van der Waals surface area (Å²) in [7, 11) is 0. The van der Waals surface area contributed by atoms with Gasteiger partial charge in [0.2, 0.25) is 5.89 Å². The van der Waals surface area contributed by atoms with Crippen molar-refractivity contribution in [3.8, 4) is 11.3 Å². The molecule has 3 aromatic rings. The minimum Gasteiger partial charge on any atom is -0.455 e. The maximum atomic E-state index is 12.4. The highest BCUT2D eigenvalue weighted by atomic mass is 16.5. The Hall–Kier alpha value is -3.61. The summed E-state index contributed by atoms with van der Waals surface area (Å²) in [5.41, 5.74) is 1.67. The molecule has 0 bridgehead atoms. The quantitative estimate of drug-likeness (QED) is 0.639. The first-order valence-electron chi connectivity index (χ1n) is 9.97. The summed E-state index contributed by atoms with van der Waals surface area (Å²) < 4.78 is 11.1. The molecule has 154 valence electrons. The van der Waals surface area contributed by atoms with Crippen molar-refractivity contribution in [1.29, 1.82) is 0 Å². The van der Waals surface area contributed by atoms with E-state index in [0.717, 1.165) is 11.3 Å². The van der Waals surface area contributed by atoms with Gasteiger partial charge in [-0.3, -0.25) is 4.79 Å². The van der Waals surface area contributed by atoms with Crippen LogP contribution in [0.25, 0.3) is 11.3 Å². The highest BCUT2D eigenvalue weighted by molar-refractivity contribution is 5.89. The lowest BCUT2D eigenvalue weighted by atomic mass is 9.97. The molecule has 1 aromatic heterocycles. The Bertz CT molecular complexity index is 980. The summed E-state index contributed by atoms with van der Waals surface area (Å²) in [6.07, 6.45) is 2.77. The standard InChI is InChI=1S/C23H23N3O4/c27-22(29-16-21-24-15-20(30-21)17-7-3-1-4-8-17)18-11-13-26(14-12-18)23(28)25-19-9-5-2-6-10-19/h1-10,15,18H,11-14,16H2,(H,25,28). The van der Waals surface area contributed by atoms with E-state index < -0.39 is 0 Å². The molecule has 1 N–H and O–H groups in total. The molecular formula is C23H23N3O4. The van der Waals surface area contributed by atoms with Gasteiger partial charge in [0.05, 0.1) is 12.1 Å². The van der Waals surface area contributed by atoms with Crippen LogP contribution in [0, 0.1) is 5.92 Å². The van der Waals surface area contributed by atoms with Gasteiger partial charge >= 0.3 is 12.0 Å². The zero-order chi connectivity index (χ0) is 20.8. The molecule has 1 fully saturated rings. The van der Waals surface area contributed by atoms with Crippen LogP contribution in [0.1, 0.15) is 18.7 Å². The van der Waals surface area contributed by atoms with Gasteiger partial charge in [0, 0.05) is 24.3 Å². The lowest BCUT2D eigenvalue weighted by Crippen LogP contribution is -2.42. The third kappa shape index (κ3) is 4.86. The van der Waals surface area contributed by atoms with Crippen molar-refractivity contribution in [2.45, 2.75) is 19.4 Å². The number of para-hydroxylation sites is 1. The molecule has 2 amide bonds. The molecule has 0 unspecified atom stereocenters. The number of hydrogen-bond donors (Lipinski definition) is 1. The van der Waals surface area contributed by atoms with Crippen molar-refractivity contribution in [2.24, 2.45) is 5.92 Å². The lowest BCUT2D eigenvalue weighted by molar-refractivity contribution is -0.152. The van der Waals surface area contributed by atoms with Gasteiger partial charge in [-0.1, -0.05) is 48.5 Å². The summed E-state index contributed by atoms with van der Waals surface area (Å²) in [5, 5.41) is 2.87. The summed E-state index contributed by atoms with van der Waals surface area (Å²) in [4.78, 5) is 30.7. The Morgan fingerprint density at radius 2 is 1.70 bits per heavy atom. The van der Waals surface area contributed by atoms with Crippen molar-refractivity contribution in [3.63, 3.8) is 0 Å². The van der Waals surface area contributed by atoms with Crippen LogP contribution >= 0.6 is 0 Å². The van der Waals surface area contributed by atoms with E-state index in [9.17, 15) is 9.59 Å². The second kappa shape index (κ2) is 9.26. The first kappa shape index (κ1) is 19.7. The molecule has 30 heavy (non-hydrogen) atoms. The maximum absolute atomic E-state index is 12.4. The number of oxazole rings is 1. The van der Waals surface area contributed by atoms with Crippen LogP contribution in [0.2, 0.25) is 0 Å². The lowest BCUT2D eigenvalue weighted by Gasteiger charge is -2.30. The van der Waals surface area contributed by atoms with Gasteiger partial charge in [-0.15, -0.1) is 0 Å². The zero-order valence-electron chi connectivity index (χ0n) is 16.5. The Labute approximate surface area is 174 Å². The number of nitrogens with one attached hydrogen (secondary N) is 1. The van der Waals surface area contributed by atoms with Gasteiger partial charge < -0.3 is 19.4 Å². The second-order valence-electron chi connectivity index (χ2n) is 7.15. The van der Waals surface area contributed by atoms with Gasteiger partial charge in [0.1, 0.15) is 0 Å². The largest absolute Gasteiger partial charge is 0.455 e. The molecule has 2 aromatic carbocycles. The summed E-state index contributed by atoms with van der Waals surface area (Å²) in [6, 6.07) is 18.8. The van der Waals surface area contributed by atoms with Crippen LogP contribution in [0.3, 0.4) is 0 Å². The molecule has 1 aliphatic heterocycles. The van der Waals surface area contributed by atoms with E-state index in [1.54, 1.807) is 11.1 Å². The van der Waals surface area contributed by atoms with Crippen molar-refractivity contribution in [1.82, 2.24) is 9.88 Å². The van der Waals surface area contributed by atoms with E-state index in [1.165, 1.54) is 0 Å². The number of nitrogens with zero attached hydrogens (tertiary/aromatic N) is 2. The molecule has 0 saturated carbocycles. The third-order valence-corrected chi connectivity index (χ3v) is 5.09. The number of ether oxygens (including phenoxy) is 1. The van der Waals surface area contributed by atoms with Crippen molar-refractivity contribution in [3.05, 3.63) is 72.8 Å². The van der Waals surface area contributed by atoms with Crippen LogP contribution in [0.4, 0.5) is 10.5 Å². The molecule has 0 spiro atoms. The normalized spacial score (nSPS) is 14.3. The number of esters is 1. The third-order valence-electron chi connectivity index (χ3n) is 5.09. The highest BCUT2D eigenvalue weighted by Crippen LogP contribution is 2.22. The number of likely N-dealkylation sites (tertiary alicyclic amines) is 1. The van der Waals surface area contributed by atoms with Crippen molar-refractivity contribution in [2.75, 3.05) is 18.4 Å². The number of carbonyl (C=O) groups excluding carboxylic acids is 2. The van der Waals surface area contributed by atoms with Gasteiger partial charge in [-0.05, 0) is 25.0 Å². The molecular weight excluding hydrogens is 382 g/mol. The number of piperidine rings is 1. The molecule has 4 rings (SSSR count). The molecule has 2 heterocycles. The molecule has 7 heteroatoms. The van der Waals surface area contributed by atoms with Crippen LogP contribution in [-0.4, -0.2) is 35.0 Å². The van der Waals surface area contributed by atoms with Gasteiger partial charge in [-0.25, -0.2) is 9.78 Å². The Morgan fingerprint density at radius 3 is 2.40 bits per heavy atom. The maximum Gasteiger partial charge on any atom is 0.321 e. The highest BCUT2D eigenvalue weighted by Gasteiger charge is 2.28. The average Bonchev–Trinajstić information content (AvgIpc) is 3.28. The van der Waals surface area contributed by atoms with E-state index in [2.05, 4.69) is 10.3 Å². The van der Waals surface area contributed by atoms with Gasteiger partial charge in [0.25, 0.3) is 0 Å². The minimum absolute atomic E-state index is 0.000372. The molecule has 1 aliphatic rings. The van der Waals surface area contributed by atoms with Crippen molar-refractivity contribution < 1.29 is 18.7 Å². The van der Waals surface area contributed by atoms with Crippen LogP contribution in [0.15, 0.2) is 71.3 Å². The number of rotatable bonds is 5. The predicted molar refractivity (Wildman–Crippen MR) is 111 cm³/mol. The summed E-state index contributed by atoms with van der Waals surface area (Å²) in [5.74, 6) is 0.494. The van der Waals surface area contributed by atoms with Gasteiger partial charge in [0.15, 0.2) is 12.4 Å². The number of carbonyl (C=O) groups is 2. The van der Waals surface area contributed by atoms with E-state index >= 15 is 0 Å². The van der Waals surface area contributed by atoms with E-state index in [-0.39, 0.29) is 24.5 Å². The summed E-state index contributed by atoms with van der Waals surface area (Å²) in [6.45, 7) is 1.02. The van der Waals surface area contributed by atoms with Crippen LogP contribution in [-0.2, 0) is 16.1 Å². The number of amides is 2. The number of benzene rings is 2. The fourth-order valence-electron chi connectivity index (χ4n) is 3.41. The molecule has 0 radical (unpaired) electrons. The molecule has 0 aliphatic carbocycles. The summed E-state index contributed by atoms with van der Waals surface area (Å²) >= 11 is 0. The Balaban J connectivity index is 1.23. The molecule has 7 nitrogen and oxygen atoms in total. The SMILES string of the molecule is O=C(OCc1ncc(-c2ccccc2)o1)C1CCN(C(=O)Nc2ccccc2)CC1. The fraction of sp³-hybridized carbons (Fsp3) is 0.261. The smallest absolute Gasteiger partial charge is 0.321 e. The zero-order valence-corrected chi connectivity index (χ0v) is 16.5. The topological polar surface area (TPSA) is 84.7 Å². The first-order chi connectivity index (χ1) is 14.7. The van der Waals surface area contributed by atoms with Crippen LogP contribution < -0.4 is 5.32 Å². The monoisotopic (exact) mass is 405 g/mol. The second-order valence-corrected chi connectivity index (χ2v) is 7.15. The number of urea groups is 1. The minimum atomic E-state index is -0.280. The number of anilines is 1. The fourth-order valence-corrected chi connectivity index (χ4v) is 3.41. The first-order valence-corrected chi connectivity index (χ1v) is 9.97. The molecule has 0 atom stereocenters. The van der Waals surface area contributed by atoms with Crippen molar-refractivity contribution >= 4 is 17.7 Å². The average molecular weight is 405 g/mol. The van der Waals surface area contributed by atoms with E-state index in [1.807, 2.05) is 60.7 Å². The van der Waals surface area contributed by atoms with E-state index in [4.69, 9.17) is 9.15 Å². The molecule has 1 saturated heterocycles.